The van der Waals surface area contributed by atoms with Crippen molar-refractivity contribution in [3.63, 3.8) is 0 Å². The molecule has 0 bridgehead atoms. The minimum Gasteiger partial charge on any atom is -0.370 e. The molecule has 1 atom stereocenters. The lowest BCUT2D eigenvalue weighted by molar-refractivity contribution is -0.132. The molecule has 0 saturated carbocycles. The van der Waals surface area contributed by atoms with Gasteiger partial charge in [0.25, 0.3) is 5.91 Å². The molecule has 10 heavy (non-hydrogen) atoms. The van der Waals surface area contributed by atoms with Crippen LogP contribution in [0.5, 0.6) is 0 Å². The van der Waals surface area contributed by atoms with Crippen molar-refractivity contribution >= 4 is 11.8 Å². The van der Waals surface area contributed by atoms with E-state index in [0.717, 1.165) is 0 Å². The van der Waals surface area contributed by atoms with Crippen molar-refractivity contribution in [1.29, 1.82) is 0 Å². The van der Waals surface area contributed by atoms with Gasteiger partial charge >= 0.3 is 0 Å². The summed E-state index contributed by atoms with van der Waals surface area (Å²) in [6.07, 6.45) is -0.271. The second-order valence-corrected chi connectivity index (χ2v) is 1.75. The van der Waals surface area contributed by atoms with Gasteiger partial charge in [0.2, 0.25) is 5.91 Å². The van der Waals surface area contributed by atoms with Crippen molar-refractivity contribution in [1.82, 2.24) is 5.48 Å². The van der Waals surface area contributed by atoms with Crippen molar-refractivity contribution in [3.05, 3.63) is 0 Å². The summed E-state index contributed by atoms with van der Waals surface area (Å²) in [5.74, 6) is -1.50. The maximum absolute atomic E-state index is 10.4. The maximum atomic E-state index is 10.4. The minimum absolute atomic E-state index is 0.271. The Morgan fingerprint density at radius 1 is 1.60 bits per heavy atom. The van der Waals surface area contributed by atoms with Crippen LogP contribution in [-0.2, 0) is 9.59 Å². The SMILES string of the molecule is NC(=O)C[C@@H](N)C(=O)NO. The summed E-state index contributed by atoms with van der Waals surface area (Å²) in [4.78, 5) is 20.5. The van der Waals surface area contributed by atoms with Gasteiger partial charge in [-0.25, -0.2) is 5.48 Å². The van der Waals surface area contributed by atoms with Gasteiger partial charge in [0.15, 0.2) is 0 Å². The fourth-order valence-electron chi connectivity index (χ4n) is 0.392. The largest absolute Gasteiger partial charge is 0.370 e. The summed E-state index contributed by atoms with van der Waals surface area (Å²) in [5, 5.41) is 7.99. The van der Waals surface area contributed by atoms with Gasteiger partial charge in [-0.3, -0.25) is 14.8 Å². The number of rotatable bonds is 3. The molecule has 0 unspecified atom stereocenters. The molecular formula is C4H9N3O3. The summed E-state index contributed by atoms with van der Waals surface area (Å²) in [6, 6.07) is -1.07. The topological polar surface area (TPSA) is 118 Å². The Kier molecular flexibility index (Phi) is 3.37. The van der Waals surface area contributed by atoms with Crippen LogP contribution in [0.4, 0.5) is 0 Å². The van der Waals surface area contributed by atoms with Crippen LogP contribution in [0.15, 0.2) is 0 Å². The average molecular weight is 147 g/mol. The molecule has 0 spiro atoms. The predicted octanol–water partition coefficient (Wildman–Crippen LogP) is -2.31. The highest BCUT2D eigenvalue weighted by molar-refractivity contribution is 5.86. The van der Waals surface area contributed by atoms with Gasteiger partial charge in [-0.1, -0.05) is 0 Å². The molecule has 0 aliphatic heterocycles. The highest BCUT2D eigenvalue weighted by Crippen LogP contribution is 1.84. The third-order valence-electron chi connectivity index (χ3n) is 0.868. The highest BCUT2D eigenvalue weighted by atomic mass is 16.5. The van der Waals surface area contributed by atoms with Gasteiger partial charge in [0.05, 0.1) is 12.5 Å². The lowest BCUT2D eigenvalue weighted by atomic mass is 10.2. The summed E-state index contributed by atoms with van der Waals surface area (Å²) in [7, 11) is 0. The van der Waals surface area contributed by atoms with E-state index in [4.69, 9.17) is 16.7 Å². The van der Waals surface area contributed by atoms with Crippen molar-refractivity contribution in [2.24, 2.45) is 11.5 Å². The first kappa shape index (κ1) is 8.86. The number of hydrogen-bond acceptors (Lipinski definition) is 4. The molecule has 0 aromatic carbocycles. The van der Waals surface area contributed by atoms with E-state index < -0.39 is 17.9 Å². The molecule has 6 N–H and O–H groups in total. The van der Waals surface area contributed by atoms with Crippen molar-refractivity contribution in [2.75, 3.05) is 0 Å². The lowest BCUT2D eigenvalue weighted by Gasteiger charge is -2.04. The Hall–Kier alpha value is -1.14. The molecule has 0 heterocycles. The van der Waals surface area contributed by atoms with Crippen LogP contribution in [0.1, 0.15) is 6.42 Å². The first-order chi connectivity index (χ1) is 4.57. The van der Waals surface area contributed by atoms with E-state index in [1.165, 1.54) is 5.48 Å². The van der Waals surface area contributed by atoms with E-state index in [0.29, 0.717) is 0 Å². The van der Waals surface area contributed by atoms with Gasteiger partial charge in [-0.2, -0.15) is 0 Å². The maximum Gasteiger partial charge on any atom is 0.260 e. The zero-order chi connectivity index (χ0) is 8.15. The summed E-state index contributed by atoms with van der Waals surface area (Å²) < 4.78 is 0. The van der Waals surface area contributed by atoms with Crippen LogP contribution in [-0.4, -0.2) is 23.1 Å². The van der Waals surface area contributed by atoms with Crippen molar-refractivity contribution in [3.8, 4) is 0 Å². The molecule has 0 fully saturated rings. The van der Waals surface area contributed by atoms with Gasteiger partial charge in [-0.05, 0) is 0 Å². The molecule has 0 aromatic rings. The Morgan fingerprint density at radius 2 is 2.10 bits per heavy atom. The number of hydroxylamine groups is 1. The molecule has 2 amide bonds. The predicted molar refractivity (Wildman–Crippen MR) is 31.7 cm³/mol. The Morgan fingerprint density at radius 3 is 2.40 bits per heavy atom. The molecule has 6 heteroatoms. The highest BCUT2D eigenvalue weighted by Gasteiger charge is 2.14. The first-order valence-corrected chi connectivity index (χ1v) is 2.55. The van der Waals surface area contributed by atoms with E-state index in [9.17, 15) is 9.59 Å². The molecule has 0 aromatic heterocycles. The molecule has 0 saturated heterocycles. The van der Waals surface area contributed by atoms with Crippen molar-refractivity contribution in [2.45, 2.75) is 12.5 Å². The molecular weight excluding hydrogens is 138 g/mol. The number of amides is 2. The van der Waals surface area contributed by atoms with Gasteiger partial charge < -0.3 is 11.5 Å². The first-order valence-electron chi connectivity index (χ1n) is 2.55. The second-order valence-electron chi connectivity index (χ2n) is 1.75. The van der Waals surface area contributed by atoms with Crippen molar-refractivity contribution < 1.29 is 14.8 Å². The fraction of sp³-hybridized carbons (Fsp3) is 0.500. The van der Waals surface area contributed by atoms with Gasteiger partial charge in [0, 0.05) is 0 Å². The third kappa shape index (κ3) is 3.00. The Balaban J connectivity index is 3.72. The molecule has 0 radical (unpaired) electrons. The quantitative estimate of drug-likeness (QED) is 0.265. The van der Waals surface area contributed by atoms with E-state index in [-0.39, 0.29) is 6.42 Å². The number of carbonyl (C=O) groups is 2. The third-order valence-corrected chi connectivity index (χ3v) is 0.868. The number of primary amides is 1. The fourth-order valence-corrected chi connectivity index (χ4v) is 0.392. The number of nitrogens with two attached hydrogens (primary N) is 2. The minimum atomic E-state index is -1.07. The molecule has 6 nitrogen and oxygen atoms in total. The normalized spacial score (nSPS) is 12.2. The summed E-state index contributed by atoms with van der Waals surface area (Å²) >= 11 is 0. The molecule has 0 aliphatic carbocycles. The Labute approximate surface area is 57.1 Å². The molecule has 0 rings (SSSR count). The van der Waals surface area contributed by atoms with E-state index >= 15 is 0 Å². The van der Waals surface area contributed by atoms with E-state index in [1.54, 1.807) is 0 Å². The van der Waals surface area contributed by atoms with Gasteiger partial charge in [-0.15, -0.1) is 0 Å². The number of hydrogen-bond donors (Lipinski definition) is 4. The second kappa shape index (κ2) is 3.80. The zero-order valence-corrected chi connectivity index (χ0v) is 5.20. The van der Waals surface area contributed by atoms with E-state index in [2.05, 4.69) is 0 Å². The van der Waals surface area contributed by atoms with Crippen LogP contribution >= 0.6 is 0 Å². The standard InChI is InChI=1S/C4H9N3O3/c5-2(1-3(6)8)4(9)7-10/h2,10H,1,5H2,(H2,6,8)(H,7,9)/t2-/m1/s1. The van der Waals surface area contributed by atoms with Gasteiger partial charge in [0.1, 0.15) is 0 Å². The average Bonchev–Trinajstić information content (AvgIpc) is 1.85. The molecule has 0 aliphatic rings. The van der Waals surface area contributed by atoms with Crippen LogP contribution in [0.25, 0.3) is 0 Å². The summed E-state index contributed by atoms with van der Waals surface area (Å²) in [6.45, 7) is 0. The Bertz CT molecular complexity index is 147. The van der Waals surface area contributed by atoms with Crippen LogP contribution in [0.3, 0.4) is 0 Å². The smallest absolute Gasteiger partial charge is 0.260 e. The van der Waals surface area contributed by atoms with Crippen LogP contribution < -0.4 is 16.9 Å². The van der Waals surface area contributed by atoms with E-state index in [1.807, 2.05) is 0 Å². The van der Waals surface area contributed by atoms with Crippen LogP contribution in [0, 0.1) is 0 Å². The monoisotopic (exact) mass is 147 g/mol. The van der Waals surface area contributed by atoms with Crippen LogP contribution in [0.2, 0.25) is 0 Å². The number of nitrogens with one attached hydrogen (secondary N) is 1. The summed E-state index contributed by atoms with van der Waals surface area (Å²) in [5.41, 5.74) is 11.1. The zero-order valence-electron chi connectivity index (χ0n) is 5.20. The number of carbonyl (C=O) groups excluding carboxylic acids is 2. The lowest BCUT2D eigenvalue weighted by Crippen LogP contribution is -2.41. The molecule has 58 valence electrons.